The predicted octanol–water partition coefficient (Wildman–Crippen LogP) is 1.43. The minimum Gasteiger partial charge on any atom is -0.264 e. The third-order valence-electron chi connectivity index (χ3n) is 4.66. The molecular formula is C11H17N5O2. The first-order valence-electron chi connectivity index (χ1n) is 6.49. The van der Waals surface area contributed by atoms with Crippen LogP contribution in [0.15, 0.2) is 6.33 Å². The predicted molar refractivity (Wildman–Crippen MR) is 62.1 cm³/mol. The summed E-state index contributed by atoms with van der Waals surface area (Å²) in [6.07, 6.45) is 7.90. The Balaban J connectivity index is 0.000000169. The summed E-state index contributed by atoms with van der Waals surface area (Å²) in [6.45, 7) is 0. The zero-order chi connectivity index (χ0) is 12.6. The normalized spacial score (nSPS) is 40.1. The quantitative estimate of drug-likeness (QED) is 0.601. The van der Waals surface area contributed by atoms with Crippen molar-refractivity contribution < 1.29 is 4.92 Å². The maximum atomic E-state index is 11.1. The standard InChI is InChI=1S/C10H15NO2.CH2N4/c12-11(13)10-4-7-1-8(5-10)3-9(2-7)6-10;1-2-4-5-3-1/h7-9H,1-6H2;1H,(H,2,3,4,5). The molecule has 0 atom stereocenters. The highest BCUT2D eigenvalue weighted by Crippen LogP contribution is 2.56. The molecule has 0 aromatic carbocycles. The van der Waals surface area contributed by atoms with Crippen LogP contribution in [-0.2, 0) is 0 Å². The lowest BCUT2D eigenvalue weighted by Gasteiger charge is -2.51. The second kappa shape index (κ2) is 4.29. The molecule has 4 saturated carbocycles. The minimum absolute atomic E-state index is 0.0392. The molecule has 0 unspecified atom stereocenters. The van der Waals surface area contributed by atoms with Gasteiger partial charge >= 0.3 is 0 Å². The lowest BCUT2D eigenvalue weighted by atomic mass is 9.53. The van der Waals surface area contributed by atoms with Crippen molar-refractivity contribution in [3.05, 3.63) is 16.4 Å². The first-order valence-corrected chi connectivity index (χ1v) is 6.49. The second-order valence-electron chi connectivity index (χ2n) is 5.96. The fourth-order valence-electron chi connectivity index (χ4n) is 4.42. The first kappa shape index (κ1) is 11.6. The number of nitrogens with zero attached hydrogens (tertiary/aromatic N) is 4. The van der Waals surface area contributed by atoms with Gasteiger partial charge in [0.15, 0.2) is 0 Å². The van der Waals surface area contributed by atoms with E-state index in [0.717, 1.165) is 19.3 Å². The zero-order valence-corrected chi connectivity index (χ0v) is 10.2. The Morgan fingerprint density at radius 2 is 1.72 bits per heavy atom. The number of aromatic amines is 1. The maximum absolute atomic E-state index is 11.1. The van der Waals surface area contributed by atoms with E-state index in [2.05, 4.69) is 20.6 Å². The highest BCUT2D eigenvalue weighted by Gasteiger charge is 2.58. The summed E-state index contributed by atoms with van der Waals surface area (Å²) < 4.78 is 0. The van der Waals surface area contributed by atoms with Crippen LogP contribution in [0.3, 0.4) is 0 Å². The summed E-state index contributed by atoms with van der Waals surface area (Å²) in [5.74, 6) is 2.07. The number of H-pyrrole nitrogens is 1. The van der Waals surface area contributed by atoms with Gasteiger partial charge in [-0.15, -0.1) is 5.10 Å². The van der Waals surface area contributed by atoms with Crippen molar-refractivity contribution in [3.8, 4) is 0 Å². The molecule has 18 heavy (non-hydrogen) atoms. The Bertz CT molecular complexity index is 367. The van der Waals surface area contributed by atoms with Crippen molar-refractivity contribution in [2.45, 2.75) is 44.1 Å². The van der Waals surface area contributed by atoms with Crippen molar-refractivity contribution in [3.63, 3.8) is 0 Å². The SMILES string of the molecule is O=[N+]([O-])C12CC3CC(CC(C3)C1)C2.c1nnn[nH]1. The van der Waals surface area contributed by atoms with Gasteiger partial charge in [-0.1, -0.05) is 0 Å². The van der Waals surface area contributed by atoms with Gasteiger partial charge in [0.25, 0.3) is 0 Å². The lowest BCUT2D eigenvalue weighted by Crippen LogP contribution is -2.54. The molecule has 1 aromatic heterocycles. The lowest BCUT2D eigenvalue weighted by molar-refractivity contribution is -0.588. The van der Waals surface area contributed by atoms with Gasteiger partial charge in [0, 0.05) is 24.2 Å². The number of rotatable bonds is 1. The van der Waals surface area contributed by atoms with E-state index >= 15 is 0 Å². The topological polar surface area (TPSA) is 97.6 Å². The molecule has 4 aliphatic carbocycles. The molecule has 0 aliphatic heterocycles. The van der Waals surface area contributed by atoms with Gasteiger partial charge in [0.1, 0.15) is 6.33 Å². The zero-order valence-electron chi connectivity index (χ0n) is 10.2. The number of nitro groups is 1. The third kappa shape index (κ3) is 1.97. The number of hydrogen-bond acceptors (Lipinski definition) is 5. The van der Waals surface area contributed by atoms with Crippen molar-refractivity contribution in [2.75, 3.05) is 0 Å². The largest absolute Gasteiger partial charge is 0.264 e. The number of nitrogens with one attached hydrogen (secondary N) is 1. The van der Waals surface area contributed by atoms with E-state index in [1.165, 1.54) is 25.6 Å². The molecule has 4 bridgehead atoms. The molecule has 1 heterocycles. The Kier molecular flexibility index (Phi) is 2.76. The summed E-state index contributed by atoms with van der Waals surface area (Å²) in [7, 11) is 0. The van der Waals surface area contributed by atoms with Gasteiger partial charge in [0.05, 0.1) is 0 Å². The molecule has 0 amide bonds. The second-order valence-corrected chi connectivity index (χ2v) is 5.96. The average molecular weight is 251 g/mol. The molecule has 0 saturated heterocycles. The Morgan fingerprint density at radius 1 is 1.17 bits per heavy atom. The smallest absolute Gasteiger partial charge is 0.223 e. The van der Waals surface area contributed by atoms with Crippen molar-refractivity contribution in [1.82, 2.24) is 20.6 Å². The van der Waals surface area contributed by atoms with E-state index in [-0.39, 0.29) is 4.92 Å². The summed E-state index contributed by atoms with van der Waals surface area (Å²) in [5.41, 5.74) is -0.477. The molecular weight excluding hydrogens is 234 g/mol. The number of aromatic nitrogens is 4. The van der Waals surface area contributed by atoms with Crippen LogP contribution in [0.5, 0.6) is 0 Å². The van der Waals surface area contributed by atoms with Crippen molar-refractivity contribution in [1.29, 1.82) is 0 Å². The molecule has 1 aromatic rings. The maximum Gasteiger partial charge on any atom is 0.223 e. The van der Waals surface area contributed by atoms with Crippen LogP contribution >= 0.6 is 0 Å². The van der Waals surface area contributed by atoms with Crippen LogP contribution in [0.2, 0.25) is 0 Å². The molecule has 7 heteroatoms. The summed E-state index contributed by atoms with van der Waals surface area (Å²) in [5, 5.41) is 23.2. The van der Waals surface area contributed by atoms with Crippen LogP contribution in [0.4, 0.5) is 0 Å². The van der Waals surface area contributed by atoms with Crippen LogP contribution in [0.25, 0.3) is 0 Å². The van der Waals surface area contributed by atoms with Crippen LogP contribution in [-0.4, -0.2) is 31.1 Å². The number of hydrogen-bond donors (Lipinski definition) is 1. The van der Waals surface area contributed by atoms with E-state index in [1.807, 2.05) is 0 Å². The molecule has 0 spiro atoms. The summed E-state index contributed by atoms with van der Waals surface area (Å²) in [4.78, 5) is 11.1. The van der Waals surface area contributed by atoms with Crippen molar-refractivity contribution in [2.24, 2.45) is 17.8 Å². The molecule has 1 N–H and O–H groups in total. The van der Waals surface area contributed by atoms with Crippen LogP contribution in [0.1, 0.15) is 38.5 Å². The Morgan fingerprint density at radius 3 is 2.00 bits per heavy atom. The molecule has 4 aliphatic rings. The monoisotopic (exact) mass is 251 g/mol. The van der Waals surface area contributed by atoms with Gasteiger partial charge in [-0.05, 0) is 47.4 Å². The van der Waals surface area contributed by atoms with Gasteiger partial charge in [0.2, 0.25) is 5.54 Å². The first-order chi connectivity index (χ1) is 8.68. The fourth-order valence-corrected chi connectivity index (χ4v) is 4.42. The third-order valence-corrected chi connectivity index (χ3v) is 4.66. The molecule has 5 rings (SSSR count). The molecule has 0 radical (unpaired) electrons. The van der Waals surface area contributed by atoms with Gasteiger partial charge < -0.3 is 0 Å². The highest BCUT2D eigenvalue weighted by atomic mass is 16.6. The van der Waals surface area contributed by atoms with Gasteiger partial charge in [-0.2, -0.15) is 0 Å². The van der Waals surface area contributed by atoms with Gasteiger partial charge in [-0.3, -0.25) is 10.1 Å². The van der Waals surface area contributed by atoms with E-state index in [1.54, 1.807) is 0 Å². The highest BCUT2D eigenvalue weighted by molar-refractivity contribution is 5.02. The van der Waals surface area contributed by atoms with Crippen LogP contribution < -0.4 is 0 Å². The Hall–Kier alpha value is -1.53. The summed E-state index contributed by atoms with van der Waals surface area (Å²) in [6, 6.07) is 0. The number of tetrazole rings is 1. The van der Waals surface area contributed by atoms with E-state index in [4.69, 9.17) is 0 Å². The molecule has 98 valence electrons. The summed E-state index contributed by atoms with van der Waals surface area (Å²) >= 11 is 0. The van der Waals surface area contributed by atoms with Gasteiger partial charge in [-0.25, -0.2) is 5.10 Å². The van der Waals surface area contributed by atoms with Crippen molar-refractivity contribution >= 4 is 0 Å². The Labute approximate surface area is 104 Å². The van der Waals surface area contributed by atoms with E-state index < -0.39 is 5.54 Å². The van der Waals surface area contributed by atoms with Crippen LogP contribution in [0, 0.1) is 27.9 Å². The average Bonchev–Trinajstić information content (AvgIpc) is 2.85. The molecule has 7 nitrogen and oxygen atoms in total. The fraction of sp³-hybridized carbons (Fsp3) is 0.909. The van der Waals surface area contributed by atoms with E-state index in [9.17, 15) is 10.1 Å². The minimum atomic E-state index is -0.477. The molecule has 4 fully saturated rings. The van der Waals surface area contributed by atoms with E-state index in [0.29, 0.717) is 17.8 Å².